The molecule has 0 aromatic rings. The summed E-state index contributed by atoms with van der Waals surface area (Å²) in [5, 5.41) is 0. The van der Waals surface area contributed by atoms with Crippen LogP contribution in [0.4, 0.5) is 0 Å². The highest BCUT2D eigenvalue weighted by molar-refractivity contribution is 4.90. The first-order chi connectivity index (χ1) is 7.31. The maximum absolute atomic E-state index is 5.83. The van der Waals surface area contributed by atoms with Crippen molar-refractivity contribution in [2.75, 3.05) is 32.7 Å². The molecule has 0 spiro atoms. The number of fused-ring (bicyclic) bond motifs is 1. The van der Waals surface area contributed by atoms with Gasteiger partial charge in [0.2, 0.25) is 0 Å². The molecule has 0 bridgehead atoms. The number of hydrogen-bond donors (Lipinski definition) is 1. The lowest BCUT2D eigenvalue weighted by molar-refractivity contribution is 0.0737. The van der Waals surface area contributed by atoms with Crippen LogP contribution in [0.2, 0.25) is 0 Å². The Labute approximate surface area is 92.6 Å². The normalized spacial score (nSPS) is 42.6. The van der Waals surface area contributed by atoms with Gasteiger partial charge in [-0.25, -0.2) is 0 Å². The molecule has 0 aromatic heterocycles. The molecule has 1 aliphatic carbocycles. The van der Waals surface area contributed by atoms with E-state index in [0.29, 0.717) is 6.04 Å². The van der Waals surface area contributed by atoms with Crippen molar-refractivity contribution in [1.29, 1.82) is 0 Å². The van der Waals surface area contributed by atoms with E-state index in [9.17, 15) is 0 Å². The van der Waals surface area contributed by atoms with Crippen LogP contribution in [-0.2, 0) is 0 Å². The van der Waals surface area contributed by atoms with E-state index in [1.165, 1.54) is 58.4 Å². The van der Waals surface area contributed by atoms with E-state index in [1.54, 1.807) is 0 Å². The van der Waals surface area contributed by atoms with Gasteiger partial charge in [-0.2, -0.15) is 0 Å². The van der Waals surface area contributed by atoms with Gasteiger partial charge in [0.25, 0.3) is 0 Å². The lowest BCUT2D eigenvalue weighted by atomic mass is 9.80. The standard InChI is InChI=1S/C12H23N3/c13-11-6-10(7-11)8-14-4-5-15-3-1-2-12(15)9-14/h10-12H,1-9,13H2. The van der Waals surface area contributed by atoms with Gasteiger partial charge in [0.15, 0.2) is 0 Å². The molecular weight excluding hydrogens is 186 g/mol. The zero-order chi connectivity index (χ0) is 10.3. The second kappa shape index (κ2) is 4.04. The average Bonchev–Trinajstić information content (AvgIpc) is 2.62. The average molecular weight is 209 g/mol. The number of piperazine rings is 1. The quantitative estimate of drug-likeness (QED) is 0.719. The molecule has 3 nitrogen and oxygen atoms in total. The summed E-state index contributed by atoms with van der Waals surface area (Å²) in [6.45, 7) is 6.60. The number of nitrogens with two attached hydrogens (primary N) is 1. The molecule has 0 amide bonds. The Bertz CT molecular complexity index is 225. The van der Waals surface area contributed by atoms with Crippen molar-refractivity contribution in [1.82, 2.24) is 9.80 Å². The summed E-state index contributed by atoms with van der Waals surface area (Å²) >= 11 is 0. The van der Waals surface area contributed by atoms with E-state index in [1.807, 2.05) is 0 Å². The minimum Gasteiger partial charge on any atom is -0.328 e. The Balaban J connectivity index is 1.47. The molecule has 0 radical (unpaired) electrons. The largest absolute Gasteiger partial charge is 0.328 e. The Kier molecular flexibility index (Phi) is 2.71. The predicted molar refractivity (Wildman–Crippen MR) is 61.7 cm³/mol. The van der Waals surface area contributed by atoms with E-state index in [4.69, 9.17) is 5.73 Å². The van der Waals surface area contributed by atoms with E-state index in [2.05, 4.69) is 9.80 Å². The Morgan fingerprint density at radius 2 is 2.00 bits per heavy atom. The predicted octanol–water partition coefficient (Wildman–Crippen LogP) is 0.504. The summed E-state index contributed by atoms with van der Waals surface area (Å²) in [5.41, 5.74) is 5.83. The Morgan fingerprint density at radius 3 is 2.80 bits per heavy atom. The summed E-state index contributed by atoms with van der Waals surface area (Å²) in [7, 11) is 0. The minimum absolute atomic E-state index is 0.516. The van der Waals surface area contributed by atoms with Crippen LogP contribution in [0.25, 0.3) is 0 Å². The number of nitrogens with zero attached hydrogens (tertiary/aromatic N) is 2. The minimum atomic E-state index is 0.516. The van der Waals surface area contributed by atoms with Crippen molar-refractivity contribution < 1.29 is 0 Å². The molecule has 15 heavy (non-hydrogen) atoms. The van der Waals surface area contributed by atoms with Crippen LogP contribution in [0, 0.1) is 5.92 Å². The third-order valence-corrected chi connectivity index (χ3v) is 4.46. The Morgan fingerprint density at radius 1 is 1.13 bits per heavy atom. The summed E-state index contributed by atoms with van der Waals surface area (Å²) in [5.74, 6) is 0.910. The third-order valence-electron chi connectivity index (χ3n) is 4.46. The van der Waals surface area contributed by atoms with Crippen LogP contribution in [0.15, 0.2) is 0 Å². The van der Waals surface area contributed by atoms with Gasteiger partial charge in [-0.05, 0) is 38.1 Å². The highest BCUT2D eigenvalue weighted by atomic mass is 15.3. The van der Waals surface area contributed by atoms with Crippen LogP contribution in [0.3, 0.4) is 0 Å². The molecular formula is C12H23N3. The number of rotatable bonds is 2. The first kappa shape index (κ1) is 10.1. The molecule has 1 saturated carbocycles. The van der Waals surface area contributed by atoms with Crippen molar-refractivity contribution in [3.8, 4) is 0 Å². The third kappa shape index (κ3) is 2.05. The lowest BCUT2D eigenvalue weighted by Gasteiger charge is -2.42. The van der Waals surface area contributed by atoms with Gasteiger partial charge < -0.3 is 10.6 Å². The summed E-state index contributed by atoms with van der Waals surface area (Å²) in [4.78, 5) is 5.37. The monoisotopic (exact) mass is 209 g/mol. The molecule has 2 aliphatic heterocycles. The zero-order valence-electron chi connectivity index (χ0n) is 9.57. The van der Waals surface area contributed by atoms with Gasteiger partial charge in [-0.15, -0.1) is 0 Å². The fourth-order valence-corrected chi connectivity index (χ4v) is 3.52. The van der Waals surface area contributed by atoms with Crippen LogP contribution in [0.1, 0.15) is 25.7 Å². The second-order valence-electron chi connectivity index (χ2n) is 5.69. The van der Waals surface area contributed by atoms with E-state index in [-0.39, 0.29) is 0 Å². The van der Waals surface area contributed by atoms with Crippen LogP contribution < -0.4 is 5.73 Å². The first-order valence-corrected chi connectivity index (χ1v) is 6.53. The second-order valence-corrected chi connectivity index (χ2v) is 5.69. The Hall–Kier alpha value is -0.120. The highest BCUT2D eigenvalue weighted by Gasteiger charge is 2.33. The lowest BCUT2D eigenvalue weighted by Crippen LogP contribution is -2.53. The van der Waals surface area contributed by atoms with E-state index >= 15 is 0 Å². The topological polar surface area (TPSA) is 32.5 Å². The zero-order valence-corrected chi connectivity index (χ0v) is 9.57. The molecule has 2 saturated heterocycles. The molecule has 3 heteroatoms. The molecule has 2 N–H and O–H groups in total. The molecule has 2 heterocycles. The number of hydrogen-bond acceptors (Lipinski definition) is 3. The summed E-state index contributed by atoms with van der Waals surface area (Å²) < 4.78 is 0. The van der Waals surface area contributed by atoms with Crippen molar-refractivity contribution in [3.63, 3.8) is 0 Å². The first-order valence-electron chi connectivity index (χ1n) is 6.53. The molecule has 3 aliphatic rings. The van der Waals surface area contributed by atoms with Crippen molar-refractivity contribution in [3.05, 3.63) is 0 Å². The fourth-order valence-electron chi connectivity index (χ4n) is 3.52. The smallest absolute Gasteiger partial charge is 0.0224 e. The molecule has 1 unspecified atom stereocenters. The van der Waals surface area contributed by atoms with Crippen molar-refractivity contribution in [2.24, 2.45) is 11.7 Å². The van der Waals surface area contributed by atoms with Crippen LogP contribution in [0.5, 0.6) is 0 Å². The van der Waals surface area contributed by atoms with Crippen LogP contribution in [-0.4, -0.2) is 54.6 Å². The van der Waals surface area contributed by atoms with Gasteiger partial charge in [0, 0.05) is 38.3 Å². The van der Waals surface area contributed by atoms with Gasteiger partial charge in [0.1, 0.15) is 0 Å². The van der Waals surface area contributed by atoms with Gasteiger partial charge in [-0.3, -0.25) is 4.90 Å². The summed E-state index contributed by atoms with van der Waals surface area (Å²) in [6, 6.07) is 1.40. The molecule has 1 atom stereocenters. The maximum atomic E-state index is 5.83. The van der Waals surface area contributed by atoms with Gasteiger partial charge in [-0.1, -0.05) is 0 Å². The van der Waals surface area contributed by atoms with Crippen molar-refractivity contribution >= 4 is 0 Å². The molecule has 0 aromatic carbocycles. The van der Waals surface area contributed by atoms with Crippen molar-refractivity contribution in [2.45, 2.75) is 37.8 Å². The molecule has 3 rings (SSSR count). The summed E-state index contributed by atoms with van der Waals surface area (Å²) in [6.07, 6.45) is 5.39. The molecule has 3 fully saturated rings. The van der Waals surface area contributed by atoms with Gasteiger partial charge >= 0.3 is 0 Å². The molecule has 86 valence electrons. The SMILES string of the molecule is NC1CC(CN2CCN3CCCC3C2)C1. The van der Waals surface area contributed by atoms with Gasteiger partial charge in [0.05, 0.1) is 0 Å². The van der Waals surface area contributed by atoms with E-state index < -0.39 is 0 Å². The highest BCUT2D eigenvalue weighted by Crippen LogP contribution is 2.28. The van der Waals surface area contributed by atoms with E-state index in [0.717, 1.165) is 12.0 Å². The van der Waals surface area contributed by atoms with Crippen LogP contribution >= 0.6 is 0 Å². The maximum Gasteiger partial charge on any atom is 0.0224 e. The fraction of sp³-hybridized carbons (Fsp3) is 1.00.